The number of rotatable bonds is 5. The van der Waals surface area contributed by atoms with Gasteiger partial charge in [-0.15, -0.1) is 0 Å². The van der Waals surface area contributed by atoms with Gasteiger partial charge in [0, 0.05) is 18.3 Å². The van der Waals surface area contributed by atoms with Crippen LogP contribution < -0.4 is 0 Å². The van der Waals surface area contributed by atoms with Crippen LogP contribution >= 0.6 is 0 Å². The summed E-state index contributed by atoms with van der Waals surface area (Å²) in [5, 5.41) is 13.4. The molecule has 1 aromatic heterocycles. The maximum Gasteiger partial charge on any atom is 0.153 e. The summed E-state index contributed by atoms with van der Waals surface area (Å²) in [7, 11) is 0. The molecule has 2 rings (SSSR count). The Morgan fingerprint density at radius 2 is 2.25 bits per heavy atom. The van der Waals surface area contributed by atoms with E-state index in [4.69, 9.17) is 5.26 Å². The van der Waals surface area contributed by atoms with Crippen LogP contribution in [0.5, 0.6) is 0 Å². The minimum absolute atomic E-state index is 0.559. The molecule has 2 aromatic rings. The number of hydrogen-bond donors (Lipinski definition) is 0. The number of benzene rings is 1. The third-order valence-electron chi connectivity index (χ3n) is 3.12. The van der Waals surface area contributed by atoms with Crippen LogP contribution in [0.1, 0.15) is 36.2 Å². The van der Waals surface area contributed by atoms with Crippen molar-refractivity contribution in [2.24, 2.45) is 5.92 Å². The van der Waals surface area contributed by atoms with Gasteiger partial charge in [-0.1, -0.05) is 26.0 Å². The van der Waals surface area contributed by atoms with E-state index in [1.807, 2.05) is 6.07 Å². The number of aryl methyl sites for hydroxylation is 1. The van der Waals surface area contributed by atoms with Crippen LogP contribution in [0.25, 0.3) is 11.3 Å². The molecule has 0 fully saturated rings. The third kappa shape index (κ3) is 3.12. The molecule has 0 unspecified atom stereocenters. The summed E-state index contributed by atoms with van der Waals surface area (Å²) in [5.41, 5.74) is 2.57. The summed E-state index contributed by atoms with van der Waals surface area (Å²) >= 11 is 0. The molecule has 0 aliphatic rings. The molecule has 0 spiro atoms. The van der Waals surface area contributed by atoms with Crippen LogP contribution in [0.15, 0.2) is 30.5 Å². The molecule has 0 N–H and O–H groups in total. The van der Waals surface area contributed by atoms with Crippen LogP contribution in [0.2, 0.25) is 0 Å². The van der Waals surface area contributed by atoms with E-state index < -0.39 is 0 Å². The van der Waals surface area contributed by atoms with Crippen molar-refractivity contribution in [3.05, 3.63) is 41.6 Å². The second-order valence-corrected chi connectivity index (χ2v) is 5.19. The zero-order valence-electron chi connectivity index (χ0n) is 11.7. The van der Waals surface area contributed by atoms with Gasteiger partial charge in [-0.05, 0) is 24.5 Å². The highest BCUT2D eigenvalue weighted by Gasteiger charge is 2.11. The van der Waals surface area contributed by atoms with Gasteiger partial charge in [0.05, 0.1) is 17.2 Å². The summed E-state index contributed by atoms with van der Waals surface area (Å²) < 4.78 is 1.80. The zero-order valence-corrected chi connectivity index (χ0v) is 11.7. The van der Waals surface area contributed by atoms with Gasteiger partial charge in [-0.25, -0.2) is 0 Å². The van der Waals surface area contributed by atoms with E-state index in [2.05, 4.69) is 25.0 Å². The molecule has 4 heteroatoms. The van der Waals surface area contributed by atoms with E-state index in [0.29, 0.717) is 22.7 Å². The van der Waals surface area contributed by atoms with Crippen LogP contribution in [-0.4, -0.2) is 16.1 Å². The van der Waals surface area contributed by atoms with Crippen LogP contribution in [-0.2, 0) is 6.54 Å². The van der Waals surface area contributed by atoms with Crippen molar-refractivity contribution in [1.82, 2.24) is 9.78 Å². The summed E-state index contributed by atoms with van der Waals surface area (Å²) in [6.45, 7) is 5.10. The molecule has 102 valence electrons. The molecule has 0 atom stereocenters. The molecule has 0 saturated heterocycles. The molecular formula is C16H17N3O. The average Bonchev–Trinajstić information content (AvgIpc) is 2.88. The summed E-state index contributed by atoms with van der Waals surface area (Å²) in [4.78, 5) is 11.2. The lowest BCUT2D eigenvalue weighted by Gasteiger charge is -2.04. The van der Waals surface area contributed by atoms with Gasteiger partial charge in [-0.2, -0.15) is 10.4 Å². The van der Waals surface area contributed by atoms with Crippen molar-refractivity contribution < 1.29 is 4.79 Å². The Kier molecular flexibility index (Phi) is 4.31. The highest BCUT2D eigenvalue weighted by molar-refractivity contribution is 5.85. The number of nitriles is 1. The first-order chi connectivity index (χ1) is 9.63. The third-order valence-corrected chi connectivity index (χ3v) is 3.12. The fourth-order valence-corrected chi connectivity index (χ4v) is 1.99. The summed E-state index contributed by atoms with van der Waals surface area (Å²) in [6, 6.07) is 9.25. The highest BCUT2D eigenvalue weighted by atomic mass is 16.1. The fraction of sp³-hybridized carbons (Fsp3) is 0.312. The molecule has 0 bridgehead atoms. The molecular weight excluding hydrogens is 250 g/mol. The number of carbonyl (C=O) groups excluding carboxylic acids is 1. The molecule has 1 aromatic carbocycles. The summed E-state index contributed by atoms with van der Waals surface area (Å²) in [6.07, 6.45) is 3.59. The van der Waals surface area contributed by atoms with E-state index >= 15 is 0 Å². The minimum atomic E-state index is 0.559. The van der Waals surface area contributed by atoms with Crippen molar-refractivity contribution in [3.63, 3.8) is 0 Å². The minimum Gasteiger partial charge on any atom is -0.298 e. The SMILES string of the molecule is CC(C)CCn1cc(C=O)c(-c2cccc(C#N)c2)n1. The molecule has 0 aliphatic heterocycles. The normalized spacial score (nSPS) is 10.5. The second-order valence-electron chi connectivity index (χ2n) is 5.19. The molecule has 0 aliphatic carbocycles. The number of hydrogen-bond acceptors (Lipinski definition) is 3. The summed E-state index contributed by atoms with van der Waals surface area (Å²) in [5.74, 6) is 0.587. The Morgan fingerprint density at radius 1 is 1.45 bits per heavy atom. The van der Waals surface area contributed by atoms with Gasteiger partial charge in [0.2, 0.25) is 0 Å². The van der Waals surface area contributed by atoms with Crippen LogP contribution in [0, 0.1) is 17.2 Å². The van der Waals surface area contributed by atoms with E-state index in [1.54, 1.807) is 29.1 Å². The van der Waals surface area contributed by atoms with Gasteiger partial charge in [0.1, 0.15) is 5.69 Å². The molecule has 0 amide bonds. The first-order valence-corrected chi connectivity index (χ1v) is 6.67. The Bertz CT molecular complexity index is 650. The molecule has 20 heavy (non-hydrogen) atoms. The smallest absolute Gasteiger partial charge is 0.153 e. The lowest BCUT2D eigenvalue weighted by molar-refractivity contribution is 0.112. The maximum atomic E-state index is 11.2. The van der Waals surface area contributed by atoms with E-state index in [1.165, 1.54) is 0 Å². The van der Waals surface area contributed by atoms with Crippen molar-refractivity contribution in [3.8, 4) is 17.3 Å². The first-order valence-electron chi connectivity index (χ1n) is 6.67. The molecule has 0 saturated carbocycles. The van der Waals surface area contributed by atoms with Crippen molar-refractivity contribution in [2.75, 3.05) is 0 Å². The van der Waals surface area contributed by atoms with Gasteiger partial charge >= 0.3 is 0 Å². The van der Waals surface area contributed by atoms with E-state index in [9.17, 15) is 4.79 Å². The molecule has 4 nitrogen and oxygen atoms in total. The predicted molar refractivity (Wildman–Crippen MR) is 77.2 cm³/mol. The van der Waals surface area contributed by atoms with Gasteiger partial charge in [0.15, 0.2) is 6.29 Å². The van der Waals surface area contributed by atoms with Gasteiger partial charge in [0.25, 0.3) is 0 Å². The lowest BCUT2D eigenvalue weighted by Crippen LogP contribution is -2.02. The van der Waals surface area contributed by atoms with Crippen LogP contribution in [0.4, 0.5) is 0 Å². The Labute approximate surface area is 118 Å². The zero-order chi connectivity index (χ0) is 14.5. The lowest BCUT2D eigenvalue weighted by atomic mass is 10.1. The van der Waals surface area contributed by atoms with Crippen molar-refractivity contribution in [1.29, 1.82) is 5.26 Å². The Hall–Kier alpha value is -2.41. The highest BCUT2D eigenvalue weighted by Crippen LogP contribution is 2.22. The van der Waals surface area contributed by atoms with Gasteiger partial charge in [-0.3, -0.25) is 9.48 Å². The van der Waals surface area contributed by atoms with Crippen LogP contribution in [0.3, 0.4) is 0 Å². The fourth-order valence-electron chi connectivity index (χ4n) is 1.99. The number of carbonyl (C=O) groups is 1. The van der Waals surface area contributed by atoms with Crippen molar-refractivity contribution >= 4 is 6.29 Å². The Balaban J connectivity index is 2.35. The molecule has 1 heterocycles. The number of aromatic nitrogens is 2. The van der Waals surface area contributed by atoms with E-state index in [0.717, 1.165) is 24.8 Å². The topological polar surface area (TPSA) is 58.7 Å². The van der Waals surface area contributed by atoms with Gasteiger partial charge < -0.3 is 0 Å². The quantitative estimate of drug-likeness (QED) is 0.781. The monoisotopic (exact) mass is 267 g/mol. The van der Waals surface area contributed by atoms with Crippen molar-refractivity contribution in [2.45, 2.75) is 26.8 Å². The second kappa shape index (κ2) is 6.16. The Morgan fingerprint density at radius 3 is 2.90 bits per heavy atom. The predicted octanol–water partition coefficient (Wildman–Crippen LogP) is 3.28. The molecule has 0 radical (unpaired) electrons. The largest absolute Gasteiger partial charge is 0.298 e. The average molecular weight is 267 g/mol. The first kappa shape index (κ1) is 14.0. The number of aldehydes is 1. The maximum absolute atomic E-state index is 11.2. The number of nitrogens with zero attached hydrogens (tertiary/aromatic N) is 3. The van der Waals surface area contributed by atoms with E-state index in [-0.39, 0.29) is 0 Å². The standard InChI is InChI=1S/C16H17N3O/c1-12(2)6-7-19-10-15(11-20)16(18-19)14-5-3-4-13(8-14)9-17/h3-5,8,10-12H,6-7H2,1-2H3.